The van der Waals surface area contributed by atoms with Crippen LogP contribution >= 0.6 is 11.8 Å². The van der Waals surface area contributed by atoms with Gasteiger partial charge in [0, 0.05) is 30.5 Å². The van der Waals surface area contributed by atoms with E-state index in [4.69, 9.17) is 4.74 Å². The molecular weight excluding hydrogens is 442 g/mol. The molecule has 2 aromatic rings. The zero-order chi connectivity index (χ0) is 21.7. The maximum absolute atomic E-state index is 13.9. The molecule has 1 fully saturated rings. The molecule has 0 aliphatic carbocycles. The fraction of sp³-hybridized carbons (Fsp3) is 0.412. The number of thioether (sulfide) groups is 1. The monoisotopic (exact) mass is 462 g/mol. The van der Waals surface area contributed by atoms with E-state index < -0.39 is 41.2 Å². The molecule has 2 heterocycles. The van der Waals surface area contributed by atoms with E-state index in [1.165, 1.54) is 22.5 Å². The molecule has 1 aromatic heterocycles. The van der Waals surface area contributed by atoms with Gasteiger partial charge in [-0.2, -0.15) is 17.7 Å². The number of halogens is 2. The number of rotatable bonds is 10. The van der Waals surface area contributed by atoms with Gasteiger partial charge >= 0.3 is 10.2 Å². The molecule has 0 spiro atoms. The summed E-state index contributed by atoms with van der Waals surface area (Å²) in [5.74, 6) is -2.18. The molecule has 1 saturated heterocycles. The van der Waals surface area contributed by atoms with Crippen LogP contribution < -0.4 is 9.46 Å². The van der Waals surface area contributed by atoms with Crippen molar-refractivity contribution in [2.24, 2.45) is 0 Å². The van der Waals surface area contributed by atoms with E-state index in [0.717, 1.165) is 24.2 Å². The van der Waals surface area contributed by atoms with Crippen LogP contribution in [-0.2, 0) is 16.0 Å². The first kappa shape index (κ1) is 22.6. The highest BCUT2D eigenvalue weighted by atomic mass is 32.2. The van der Waals surface area contributed by atoms with Gasteiger partial charge in [-0.1, -0.05) is 23.9 Å². The summed E-state index contributed by atoms with van der Waals surface area (Å²) >= 11 is 0.939. The maximum atomic E-state index is 13.9. The molecule has 0 amide bonds. The second-order valence-corrected chi connectivity index (χ2v) is 8.95. The van der Waals surface area contributed by atoms with Crippen LogP contribution in [0.4, 0.5) is 14.6 Å². The van der Waals surface area contributed by atoms with Gasteiger partial charge in [-0.15, -0.1) is 0 Å². The number of benzene rings is 1. The molecule has 0 radical (unpaired) electrons. The van der Waals surface area contributed by atoms with E-state index in [9.17, 15) is 27.4 Å². The topological polar surface area (TPSA) is 125 Å². The van der Waals surface area contributed by atoms with Crippen LogP contribution in [0.25, 0.3) is 0 Å². The van der Waals surface area contributed by atoms with Gasteiger partial charge in [0.15, 0.2) is 16.8 Å². The smallest absolute Gasteiger partial charge is 0.302 e. The second kappa shape index (κ2) is 9.83. The molecule has 3 N–H and O–H groups in total. The summed E-state index contributed by atoms with van der Waals surface area (Å²) in [6.07, 6.45) is -0.216. The van der Waals surface area contributed by atoms with Gasteiger partial charge in [-0.25, -0.2) is 13.8 Å². The predicted molar refractivity (Wildman–Crippen MR) is 105 cm³/mol. The maximum Gasteiger partial charge on any atom is 0.302 e. The highest BCUT2D eigenvalue weighted by Crippen LogP contribution is 2.27. The van der Waals surface area contributed by atoms with Crippen molar-refractivity contribution in [3.05, 3.63) is 41.5 Å². The Balaban J connectivity index is 1.83. The standard InChI is InChI=1S/C17H20F2N4O5S2/c18-13-4-1-3-11(16(13)19)10-29-17-20-14(22-30(26,27)23-5-2-6-23)7-15(21-17)28-12(8-24)9-25/h1,3-4,7,12,24-25H,2,5-6,8-10H2,(H,20,21,22). The van der Waals surface area contributed by atoms with Gasteiger partial charge in [-0.3, -0.25) is 4.72 Å². The third-order valence-corrected chi connectivity index (χ3v) is 6.56. The molecule has 164 valence electrons. The zero-order valence-corrected chi connectivity index (χ0v) is 17.3. The van der Waals surface area contributed by atoms with Gasteiger partial charge in [0.2, 0.25) is 5.88 Å². The number of hydrogen-bond donors (Lipinski definition) is 3. The van der Waals surface area contributed by atoms with Crippen molar-refractivity contribution >= 4 is 27.8 Å². The number of nitrogens with zero attached hydrogens (tertiary/aromatic N) is 3. The SMILES string of the molecule is O=S(=O)(Nc1cc(OC(CO)CO)nc(SCc2cccc(F)c2F)n1)N1CCC1. The number of aliphatic hydroxyl groups excluding tert-OH is 2. The van der Waals surface area contributed by atoms with E-state index in [1.807, 2.05) is 0 Å². The van der Waals surface area contributed by atoms with Crippen molar-refractivity contribution in [3.63, 3.8) is 0 Å². The number of nitrogens with one attached hydrogen (secondary N) is 1. The van der Waals surface area contributed by atoms with Crippen molar-refractivity contribution < 1.29 is 32.1 Å². The van der Waals surface area contributed by atoms with E-state index in [2.05, 4.69) is 14.7 Å². The molecule has 9 nitrogen and oxygen atoms in total. The van der Waals surface area contributed by atoms with Gasteiger partial charge in [0.25, 0.3) is 0 Å². The first-order chi connectivity index (χ1) is 14.3. The van der Waals surface area contributed by atoms with Crippen molar-refractivity contribution in [1.82, 2.24) is 14.3 Å². The Labute approximate surface area is 176 Å². The highest BCUT2D eigenvalue weighted by Gasteiger charge is 2.28. The summed E-state index contributed by atoms with van der Waals surface area (Å²) in [4.78, 5) is 8.19. The van der Waals surface area contributed by atoms with Crippen molar-refractivity contribution in [2.45, 2.75) is 23.4 Å². The average molecular weight is 463 g/mol. The summed E-state index contributed by atoms with van der Waals surface area (Å²) in [7, 11) is -3.81. The quantitative estimate of drug-likeness (QED) is 0.355. The van der Waals surface area contributed by atoms with Crippen LogP contribution in [0.1, 0.15) is 12.0 Å². The highest BCUT2D eigenvalue weighted by molar-refractivity contribution is 7.98. The average Bonchev–Trinajstić information content (AvgIpc) is 2.65. The fourth-order valence-corrected chi connectivity index (χ4v) is 4.47. The molecule has 3 rings (SSSR count). The molecular formula is C17H20F2N4O5S2. The molecule has 0 atom stereocenters. The third-order valence-electron chi connectivity index (χ3n) is 4.15. The lowest BCUT2D eigenvalue weighted by molar-refractivity contribution is 0.0591. The summed E-state index contributed by atoms with van der Waals surface area (Å²) in [6.45, 7) is -0.207. The van der Waals surface area contributed by atoms with Crippen LogP contribution in [0.15, 0.2) is 29.4 Å². The number of anilines is 1. The number of aliphatic hydroxyl groups is 2. The molecule has 0 saturated carbocycles. The van der Waals surface area contributed by atoms with Gasteiger partial charge in [0.05, 0.1) is 13.2 Å². The largest absolute Gasteiger partial charge is 0.469 e. The zero-order valence-electron chi connectivity index (χ0n) is 15.7. The number of ether oxygens (including phenoxy) is 1. The first-order valence-corrected chi connectivity index (χ1v) is 11.4. The van der Waals surface area contributed by atoms with E-state index >= 15 is 0 Å². The normalized spacial score (nSPS) is 14.6. The van der Waals surface area contributed by atoms with Crippen LogP contribution in [0.3, 0.4) is 0 Å². The molecule has 1 aliphatic rings. The summed E-state index contributed by atoms with van der Waals surface area (Å²) in [6, 6.07) is 4.99. The van der Waals surface area contributed by atoms with Crippen molar-refractivity contribution in [2.75, 3.05) is 31.0 Å². The second-order valence-electron chi connectivity index (χ2n) is 6.34. The van der Waals surface area contributed by atoms with E-state index in [0.29, 0.717) is 13.1 Å². The Morgan fingerprint density at radius 2 is 1.97 bits per heavy atom. The number of aromatic nitrogens is 2. The van der Waals surface area contributed by atoms with Crippen molar-refractivity contribution in [3.8, 4) is 5.88 Å². The Kier molecular flexibility index (Phi) is 7.41. The van der Waals surface area contributed by atoms with Crippen molar-refractivity contribution in [1.29, 1.82) is 0 Å². The molecule has 0 bridgehead atoms. The fourth-order valence-electron chi connectivity index (χ4n) is 2.41. The van der Waals surface area contributed by atoms with E-state index in [1.54, 1.807) is 0 Å². The van der Waals surface area contributed by atoms with Crippen LogP contribution in [0.2, 0.25) is 0 Å². The van der Waals surface area contributed by atoms with Crippen LogP contribution in [-0.4, -0.2) is 65.3 Å². The number of hydrogen-bond acceptors (Lipinski definition) is 8. The minimum atomic E-state index is -3.81. The van der Waals surface area contributed by atoms with Gasteiger partial charge < -0.3 is 14.9 Å². The molecule has 1 aromatic carbocycles. The van der Waals surface area contributed by atoms with Crippen LogP contribution in [0.5, 0.6) is 5.88 Å². The molecule has 30 heavy (non-hydrogen) atoms. The molecule has 1 aliphatic heterocycles. The molecule has 0 unspecified atom stereocenters. The van der Waals surface area contributed by atoms with Gasteiger partial charge in [0.1, 0.15) is 11.9 Å². The van der Waals surface area contributed by atoms with Gasteiger partial charge in [-0.05, 0) is 12.5 Å². The third kappa shape index (κ3) is 5.55. The Morgan fingerprint density at radius 1 is 1.23 bits per heavy atom. The summed E-state index contributed by atoms with van der Waals surface area (Å²) in [5, 5.41) is 18.4. The summed E-state index contributed by atoms with van der Waals surface area (Å²) < 4.78 is 60.9. The Morgan fingerprint density at radius 3 is 2.60 bits per heavy atom. The van der Waals surface area contributed by atoms with Crippen LogP contribution in [0, 0.1) is 11.6 Å². The lowest BCUT2D eigenvalue weighted by Crippen LogP contribution is -2.45. The minimum Gasteiger partial charge on any atom is -0.469 e. The van der Waals surface area contributed by atoms with E-state index in [-0.39, 0.29) is 28.2 Å². The molecule has 13 heteroatoms. The lowest BCUT2D eigenvalue weighted by Gasteiger charge is -2.29. The summed E-state index contributed by atoms with van der Waals surface area (Å²) in [5.41, 5.74) is 0.0845. The Bertz CT molecular complexity index is 988. The predicted octanol–water partition coefficient (Wildman–Crippen LogP) is 1.14. The Hall–Kier alpha value is -2.06. The minimum absolute atomic E-state index is 0.0191. The first-order valence-electron chi connectivity index (χ1n) is 8.93. The lowest BCUT2D eigenvalue weighted by atomic mass is 10.2.